The summed E-state index contributed by atoms with van der Waals surface area (Å²) in [6, 6.07) is 7.18. The van der Waals surface area contributed by atoms with Crippen molar-refractivity contribution in [3.63, 3.8) is 0 Å². The predicted molar refractivity (Wildman–Crippen MR) is 66.7 cm³/mol. The van der Waals surface area contributed by atoms with Crippen LogP contribution in [0.1, 0.15) is 13.2 Å². The molecule has 1 heterocycles. The Labute approximate surface area is 102 Å². The van der Waals surface area contributed by atoms with E-state index in [2.05, 4.69) is 0 Å². The Bertz CT molecular complexity index is 698. The summed E-state index contributed by atoms with van der Waals surface area (Å²) in [5.74, 6) is 0. The van der Waals surface area contributed by atoms with Gasteiger partial charge >= 0.3 is 4.87 Å². The molecule has 92 valence electrons. The van der Waals surface area contributed by atoms with Crippen molar-refractivity contribution in [3.05, 3.63) is 33.9 Å². The zero-order chi connectivity index (χ0) is 12.6. The summed E-state index contributed by atoms with van der Waals surface area (Å²) >= 11 is 1.07. The highest BCUT2D eigenvalue weighted by atomic mass is 32.2. The van der Waals surface area contributed by atoms with Crippen LogP contribution in [0.4, 0.5) is 0 Å². The third-order valence-electron chi connectivity index (χ3n) is 2.20. The average Bonchev–Trinajstić information content (AvgIpc) is 2.50. The molecule has 1 unspecified atom stereocenters. The fourth-order valence-corrected chi connectivity index (χ4v) is 3.17. The summed E-state index contributed by atoms with van der Waals surface area (Å²) in [5.41, 5.74) is 0.679. The van der Waals surface area contributed by atoms with Crippen LogP contribution in [-0.4, -0.2) is 19.2 Å². The highest BCUT2D eigenvalue weighted by Gasteiger charge is 2.17. The second-order valence-electron chi connectivity index (χ2n) is 3.61. The van der Waals surface area contributed by atoms with Gasteiger partial charge < -0.3 is 0 Å². The fourth-order valence-electron chi connectivity index (χ4n) is 1.62. The third-order valence-corrected chi connectivity index (χ3v) is 3.76. The summed E-state index contributed by atoms with van der Waals surface area (Å²) < 4.78 is 29.1. The van der Waals surface area contributed by atoms with Crippen LogP contribution in [0.5, 0.6) is 0 Å². The fraction of sp³-hybridized carbons (Fsp3) is 0.300. The van der Waals surface area contributed by atoms with Gasteiger partial charge in [-0.05, 0) is 19.1 Å². The average molecular weight is 273 g/mol. The highest BCUT2D eigenvalue weighted by molar-refractivity contribution is 7.85. The Hall–Kier alpha value is -1.18. The predicted octanol–water partition coefficient (Wildman–Crippen LogP) is 1.56. The van der Waals surface area contributed by atoms with Crippen LogP contribution in [0.3, 0.4) is 0 Å². The van der Waals surface area contributed by atoms with Gasteiger partial charge in [0.2, 0.25) is 0 Å². The van der Waals surface area contributed by atoms with Gasteiger partial charge in [-0.15, -0.1) is 0 Å². The van der Waals surface area contributed by atoms with E-state index in [1.807, 2.05) is 12.1 Å². The van der Waals surface area contributed by atoms with Crippen molar-refractivity contribution >= 4 is 31.7 Å². The largest absolute Gasteiger partial charge is 0.310 e. The third kappa shape index (κ3) is 2.56. The Balaban J connectivity index is 2.55. The molecule has 1 aromatic heterocycles. The van der Waals surface area contributed by atoms with Crippen LogP contribution in [-0.2, 0) is 14.3 Å². The van der Waals surface area contributed by atoms with Gasteiger partial charge in [0.1, 0.15) is 0 Å². The maximum absolute atomic E-state index is 11.8. The molecule has 5 nitrogen and oxygen atoms in total. The number of fused-ring (bicyclic) bond motifs is 1. The van der Waals surface area contributed by atoms with Crippen LogP contribution in [0.25, 0.3) is 10.2 Å². The number of rotatable bonds is 3. The van der Waals surface area contributed by atoms with Gasteiger partial charge in [0, 0.05) is 0 Å². The monoisotopic (exact) mass is 273 g/mol. The van der Waals surface area contributed by atoms with Crippen LogP contribution in [0.15, 0.2) is 29.1 Å². The molecule has 1 atom stereocenters. The molecule has 0 bridgehead atoms. The van der Waals surface area contributed by atoms with E-state index in [9.17, 15) is 13.2 Å². The van der Waals surface area contributed by atoms with E-state index in [4.69, 9.17) is 4.18 Å². The van der Waals surface area contributed by atoms with Crippen LogP contribution >= 0.6 is 11.3 Å². The van der Waals surface area contributed by atoms with Crippen molar-refractivity contribution in [2.75, 3.05) is 6.26 Å². The van der Waals surface area contributed by atoms with E-state index in [1.165, 1.54) is 11.5 Å². The minimum absolute atomic E-state index is 0.234. The van der Waals surface area contributed by atoms with Crippen molar-refractivity contribution in [2.45, 2.75) is 13.2 Å². The summed E-state index contributed by atoms with van der Waals surface area (Å²) in [6.45, 7) is 1.53. The van der Waals surface area contributed by atoms with Gasteiger partial charge in [-0.2, -0.15) is 8.42 Å². The van der Waals surface area contributed by atoms with Crippen LogP contribution in [0.2, 0.25) is 0 Å². The van der Waals surface area contributed by atoms with Gasteiger partial charge in [0.05, 0.1) is 16.5 Å². The number of nitrogens with zero attached hydrogens (tertiary/aromatic N) is 1. The standard InChI is InChI=1S/C10H11NO4S2/c1-7(15-17(2,13)14)11-8-5-3-4-6-9(8)16-10(11)12/h3-7H,1-2H3. The van der Waals surface area contributed by atoms with E-state index >= 15 is 0 Å². The Morgan fingerprint density at radius 1 is 1.35 bits per heavy atom. The van der Waals surface area contributed by atoms with Gasteiger partial charge in [0.25, 0.3) is 10.1 Å². The number of para-hydroxylation sites is 1. The molecule has 17 heavy (non-hydrogen) atoms. The zero-order valence-electron chi connectivity index (χ0n) is 9.28. The Morgan fingerprint density at radius 3 is 2.65 bits per heavy atom. The Morgan fingerprint density at radius 2 is 2.00 bits per heavy atom. The molecule has 7 heteroatoms. The lowest BCUT2D eigenvalue weighted by molar-refractivity contribution is 0.165. The molecule has 2 aromatic rings. The van der Waals surface area contributed by atoms with Gasteiger partial charge in [-0.1, -0.05) is 23.5 Å². The van der Waals surface area contributed by atoms with Gasteiger partial charge in [-0.3, -0.25) is 9.36 Å². The first-order valence-electron chi connectivity index (χ1n) is 4.87. The van der Waals surface area contributed by atoms with E-state index in [0.29, 0.717) is 5.52 Å². The van der Waals surface area contributed by atoms with Crippen molar-refractivity contribution in [1.82, 2.24) is 4.57 Å². The first-order valence-corrected chi connectivity index (χ1v) is 7.50. The first kappa shape index (κ1) is 12.3. The Kier molecular flexibility index (Phi) is 3.07. The zero-order valence-corrected chi connectivity index (χ0v) is 10.9. The molecule has 1 aromatic carbocycles. The van der Waals surface area contributed by atoms with Gasteiger partial charge in [-0.25, -0.2) is 4.18 Å². The number of aromatic nitrogens is 1. The molecule has 0 fully saturated rings. The molecule has 0 amide bonds. The van der Waals surface area contributed by atoms with E-state index in [1.54, 1.807) is 12.1 Å². The van der Waals surface area contributed by atoms with Crippen molar-refractivity contribution in [1.29, 1.82) is 0 Å². The molecule has 0 saturated heterocycles. The lowest BCUT2D eigenvalue weighted by Crippen LogP contribution is -2.21. The molecular weight excluding hydrogens is 262 g/mol. The lowest BCUT2D eigenvalue weighted by atomic mass is 10.3. The maximum Gasteiger partial charge on any atom is 0.310 e. The van der Waals surface area contributed by atoms with Gasteiger partial charge in [0.15, 0.2) is 6.23 Å². The molecule has 0 saturated carbocycles. The lowest BCUT2D eigenvalue weighted by Gasteiger charge is -2.12. The van der Waals surface area contributed by atoms with Crippen molar-refractivity contribution in [2.24, 2.45) is 0 Å². The second-order valence-corrected chi connectivity index (χ2v) is 6.20. The van der Waals surface area contributed by atoms with E-state index in [-0.39, 0.29) is 4.87 Å². The number of hydrogen-bond acceptors (Lipinski definition) is 5. The maximum atomic E-state index is 11.8. The molecule has 0 aliphatic carbocycles. The molecular formula is C10H11NO4S2. The summed E-state index contributed by atoms with van der Waals surface area (Å²) in [5, 5.41) is 0. The second kappa shape index (κ2) is 4.25. The smallest absolute Gasteiger partial charge is 0.271 e. The topological polar surface area (TPSA) is 65.4 Å². The number of hydrogen-bond donors (Lipinski definition) is 0. The SMILES string of the molecule is CC(OS(C)(=O)=O)n1c(=O)sc2ccccc21. The van der Waals surface area contributed by atoms with Crippen LogP contribution in [0, 0.1) is 0 Å². The normalized spacial score (nSPS) is 14.0. The summed E-state index contributed by atoms with van der Waals surface area (Å²) in [4.78, 5) is 11.5. The van der Waals surface area contributed by atoms with E-state index in [0.717, 1.165) is 22.3 Å². The molecule has 0 aliphatic rings. The molecule has 2 rings (SSSR count). The number of benzene rings is 1. The minimum atomic E-state index is -3.59. The summed E-state index contributed by atoms with van der Waals surface area (Å²) in [7, 11) is -3.59. The molecule has 0 N–H and O–H groups in total. The summed E-state index contributed by atoms with van der Waals surface area (Å²) in [6.07, 6.45) is 0.122. The highest BCUT2D eigenvalue weighted by Crippen LogP contribution is 2.21. The molecule has 0 aliphatic heterocycles. The molecule has 0 radical (unpaired) electrons. The minimum Gasteiger partial charge on any atom is -0.271 e. The van der Waals surface area contributed by atoms with Crippen LogP contribution < -0.4 is 4.87 Å². The molecule has 0 spiro atoms. The number of thiazole rings is 1. The van der Waals surface area contributed by atoms with Crippen molar-refractivity contribution in [3.8, 4) is 0 Å². The quantitative estimate of drug-likeness (QED) is 0.796. The first-order chi connectivity index (χ1) is 7.88. The van der Waals surface area contributed by atoms with Crippen molar-refractivity contribution < 1.29 is 12.6 Å². The van der Waals surface area contributed by atoms with E-state index < -0.39 is 16.3 Å².